The maximum Gasteiger partial charge on any atom is 0.0480 e. The van der Waals surface area contributed by atoms with Crippen LogP contribution in [0.15, 0.2) is 54.1 Å². The standard InChI is InChI=1S/C19H23N.C2H6/c1-4-5-17-10-16(11-18-12-19(17,18)20)15-8-6-14(7-9-15)13(2)3;1-2/h4-11,13,18H,12,20H2,1-3H3;1-2H3/b5-4-;. The van der Waals surface area contributed by atoms with Crippen LogP contribution in [0, 0.1) is 5.92 Å². The summed E-state index contributed by atoms with van der Waals surface area (Å²) in [6.45, 7) is 10.5. The molecule has 2 unspecified atom stereocenters. The van der Waals surface area contributed by atoms with Gasteiger partial charge in [0.15, 0.2) is 0 Å². The van der Waals surface area contributed by atoms with Gasteiger partial charge >= 0.3 is 0 Å². The Kier molecular flexibility index (Phi) is 5.08. The van der Waals surface area contributed by atoms with E-state index in [1.54, 1.807) is 0 Å². The Hall–Kier alpha value is -1.60. The average molecular weight is 295 g/mol. The summed E-state index contributed by atoms with van der Waals surface area (Å²) in [5, 5.41) is 0. The monoisotopic (exact) mass is 295 g/mol. The highest BCUT2D eigenvalue weighted by atomic mass is 14.9. The molecule has 2 aliphatic rings. The van der Waals surface area contributed by atoms with Gasteiger partial charge in [0, 0.05) is 11.5 Å². The topological polar surface area (TPSA) is 26.0 Å². The third-order valence-corrected chi connectivity index (χ3v) is 4.55. The van der Waals surface area contributed by atoms with Crippen LogP contribution >= 0.6 is 0 Å². The third kappa shape index (κ3) is 3.10. The summed E-state index contributed by atoms with van der Waals surface area (Å²) in [5.41, 5.74) is 11.6. The molecule has 1 aromatic carbocycles. The van der Waals surface area contributed by atoms with E-state index < -0.39 is 0 Å². The molecule has 3 rings (SSSR count). The van der Waals surface area contributed by atoms with Crippen molar-refractivity contribution in [1.82, 2.24) is 0 Å². The Balaban J connectivity index is 0.000000847. The normalized spacial score (nSPS) is 26.0. The molecular formula is C21H29N. The fraction of sp³-hybridized carbons (Fsp3) is 0.429. The van der Waals surface area contributed by atoms with E-state index in [0.717, 1.165) is 6.42 Å². The molecule has 0 aliphatic heterocycles. The summed E-state index contributed by atoms with van der Waals surface area (Å²) in [7, 11) is 0. The lowest BCUT2D eigenvalue weighted by Crippen LogP contribution is -2.28. The Labute approximate surface area is 135 Å². The van der Waals surface area contributed by atoms with Gasteiger partial charge in [-0.2, -0.15) is 0 Å². The van der Waals surface area contributed by atoms with Crippen molar-refractivity contribution in [2.45, 2.75) is 52.5 Å². The molecule has 0 radical (unpaired) electrons. The summed E-state index contributed by atoms with van der Waals surface area (Å²) in [6, 6.07) is 8.94. The first-order chi connectivity index (χ1) is 10.5. The molecule has 0 spiro atoms. The van der Waals surface area contributed by atoms with Gasteiger partial charge in [-0.1, -0.05) is 70.2 Å². The highest BCUT2D eigenvalue weighted by molar-refractivity contribution is 5.79. The van der Waals surface area contributed by atoms with Gasteiger partial charge in [0.05, 0.1) is 0 Å². The fourth-order valence-electron chi connectivity index (χ4n) is 3.03. The number of allylic oxidation sites excluding steroid dienone is 3. The van der Waals surface area contributed by atoms with Gasteiger partial charge in [-0.15, -0.1) is 0 Å². The smallest absolute Gasteiger partial charge is 0.0480 e. The highest BCUT2D eigenvalue weighted by Crippen LogP contribution is 2.52. The van der Waals surface area contributed by atoms with Gasteiger partial charge in [-0.3, -0.25) is 0 Å². The second-order valence-electron chi connectivity index (χ2n) is 6.35. The van der Waals surface area contributed by atoms with Crippen molar-refractivity contribution < 1.29 is 0 Å². The summed E-state index contributed by atoms with van der Waals surface area (Å²) < 4.78 is 0. The van der Waals surface area contributed by atoms with E-state index in [9.17, 15) is 0 Å². The maximum absolute atomic E-state index is 6.42. The minimum Gasteiger partial charge on any atom is -0.321 e. The van der Waals surface area contributed by atoms with Gasteiger partial charge in [0.1, 0.15) is 0 Å². The number of fused-ring (bicyclic) bond motifs is 1. The predicted molar refractivity (Wildman–Crippen MR) is 97.8 cm³/mol. The van der Waals surface area contributed by atoms with Crippen LogP contribution in [0.3, 0.4) is 0 Å². The van der Waals surface area contributed by atoms with Crippen molar-refractivity contribution in [3.8, 4) is 0 Å². The molecule has 1 fully saturated rings. The zero-order chi connectivity index (χ0) is 16.3. The van der Waals surface area contributed by atoms with Crippen LogP contribution in [0.5, 0.6) is 0 Å². The number of nitrogens with two attached hydrogens (primary N) is 1. The van der Waals surface area contributed by atoms with E-state index in [-0.39, 0.29) is 5.54 Å². The summed E-state index contributed by atoms with van der Waals surface area (Å²) in [5.74, 6) is 1.09. The van der Waals surface area contributed by atoms with Crippen molar-refractivity contribution in [3.05, 3.63) is 65.3 Å². The van der Waals surface area contributed by atoms with Gasteiger partial charge < -0.3 is 5.73 Å². The molecule has 118 valence electrons. The molecule has 0 saturated heterocycles. The van der Waals surface area contributed by atoms with Crippen molar-refractivity contribution >= 4 is 5.57 Å². The number of benzene rings is 1. The third-order valence-electron chi connectivity index (χ3n) is 4.55. The highest BCUT2D eigenvalue weighted by Gasteiger charge is 2.53. The lowest BCUT2D eigenvalue weighted by atomic mass is 9.90. The van der Waals surface area contributed by atoms with Gasteiger partial charge in [0.2, 0.25) is 0 Å². The van der Waals surface area contributed by atoms with Crippen LogP contribution in [0.4, 0.5) is 0 Å². The minimum absolute atomic E-state index is 0.0894. The molecule has 0 heterocycles. The lowest BCUT2D eigenvalue weighted by molar-refractivity contribution is 0.759. The number of rotatable bonds is 3. The molecule has 2 aliphatic carbocycles. The summed E-state index contributed by atoms with van der Waals surface area (Å²) >= 11 is 0. The van der Waals surface area contributed by atoms with E-state index in [2.05, 4.69) is 69.3 Å². The minimum atomic E-state index is -0.0894. The van der Waals surface area contributed by atoms with Crippen LogP contribution in [0.25, 0.3) is 5.57 Å². The molecule has 1 saturated carbocycles. The first kappa shape index (κ1) is 16.8. The van der Waals surface area contributed by atoms with E-state index in [1.807, 2.05) is 13.8 Å². The van der Waals surface area contributed by atoms with E-state index >= 15 is 0 Å². The van der Waals surface area contributed by atoms with Gasteiger partial charge in [0.25, 0.3) is 0 Å². The molecule has 1 heteroatoms. The van der Waals surface area contributed by atoms with Gasteiger partial charge in [-0.05, 0) is 47.6 Å². The van der Waals surface area contributed by atoms with Crippen LogP contribution in [0.1, 0.15) is 58.1 Å². The van der Waals surface area contributed by atoms with Gasteiger partial charge in [-0.25, -0.2) is 0 Å². The van der Waals surface area contributed by atoms with E-state index in [1.165, 1.54) is 22.3 Å². The Morgan fingerprint density at radius 1 is 1.18 bits per heavy atom. The molecule has 1 aromatic rings. The van der Waals surface area contributed by atoms with Crippen molar-refractivity contribution in [3.63, 3.8) is 0 Å². The molecule has 22 heavy (non-hydrogen) atoms. The lowest BCUT2D eigenvalue weighted by Gasteiger charge is -2.19. The second kappa shape index (κ2) is 6.66. The summed E-state index contributed by atoms with van der Waals surface area (Å²) in [6.07, 6.45) is 9.93. The Morgan fingerprint density at radius 3 is 2.36 bits per heavy atom. The molecule has 2 atom stereocenters. The molecule has 2 N–H and O–H groups in total. The van der Waals surface area contributed by atoms with Crippen LogP contribution in [-0.2, 0) is 0 Å². The first-order valence-corrected chi connectivity index (χ1v) is 8.50. The number of hydrogen-bond acceptors (Lipinski definition) is 1. The Bertz CT molecular complexity index is 601. The predicted octanol–water partition coefficient (Wildman–Crippen LogP) is 5.45. The molecule has 1 nitrogen and oxygen atoms in total. The maximum atomic E-state index is 6.42. The van der Waals surface area contributed by atoms with Crippen molar-refractivity contribution in [2.75, 3.05) is 0 Å². The Morgan fingerprint density at radius 2 is 1.82 bits per heavy atom. The molecule has 0 aromatic heterocycles. The SMILES string of the molecule is C/C=C\C1=CC(c2ccc(C(C)C)cc2)=CC2CC12N.CC. The largest absolute Gasteiger partial charge is 0.321 e. The molecule has 0 amide bonds. The molecule has 0 bridgehead atoms. The zero-order valence-electron chi connectivity index (χ0n) is 14.6. The second-order valence-corrected chi connectivity index (χ2v) is 6.35. The van der Waals surface area contributed by atoms with Crippen molar-refractivity contribution in [1.29, 1.82) is 0 Å². The first-order valence-electron chi connectivity index (χ1n) is 8.50. The summed E-state index contributed by atoms with van der Waals surface area (Å²) in [4.78, 5) is 0. The molecular weight excluding hydrogens is 266 g/mol. The van der Waals surface area contributed by atoms with Crippen LogP contribution in [0.2, 0.25) is 0 Å². The van der Waals surface area contributed by atoms with E-state index in [4.69, 9.17) is 5.73 Å². The van der Waals surface area contributed by atoms with E-state index in [0.29, 0.717) is 11.8 Å². The zero-order valence-corrected chi connectivity index (χ0v) is 14.6. The fourth-order valence-corrected chi connectivity index (χ4v) is 3.03. The quantitative estimate of drug-likeness (QED) is 0.788. The average Bonchev–Trinajstić information content (AvgIpc) is 3.21. The van der Waals surface area contributed by atoms with Crippen LogP contribution < -0.4 is 5.73 Å². The van der Waals surface area contributed by atoms with Crippen LogP contribution in [-0.4, -0.2) is 5.54 Å². The number of hydrogen-bond donors (Lipinski definition) is 1. The van der Waals surface area contributed by atoms with Crippen molar-refractivity contribution in [2.24, 2.45) is 11.7 Å².